The molecule has 1 saturated heterocycles. The second-order valence-electron chi connectivity index (χ2n) is 7.63. The van der Waals surface area contributed by atoms with Gasteiger partial charge in [-0.3, -0.25) is 0 Å². The average Bonchev–Trinajstić information content (AvgIpc) is 3.15. The van der Waals surface area contributed by atoms with Crippen LogP contribution in [0.3, 0.4) is 0 Å². The van der Waals surface area contributed by atoms with E-state index in [1.54, 1.807) is 11.3 Å². The van der Waals surface area contributed by atoms with Crippen LogP contribution < -0.4 is 10.6 Å². The van der Waals surface area contributed by atoms with Gasteiger partial charge in [0, 0.05) is 24.5 Å². The third kappa shape index (κ3) is 9.11. The molecule has 2 atom stereocenters. The molecule has 0 aromatic carbocycles. The van der Waals surface area contributed by atoms with E-state index in [1.807, 2.05) is 24.4 Å². The van der Waals surface area contributed by atoms with Crippen LogP contribution in [0.1, 0.15) is 51.3 Å². The second-order valence-corrected chi connectivity index (χ2v) is 8.58. The molecule has 3 N–H and O–H groups in total. The molecule has 0 radical (unpaired) electrons. The van der Waals surface area contributed by atoms with Crippen molar-refractivity contribution in [2.24, 2.45) is 10.9 Å². The number of thiophene rings is 1. The summed E-state index contributed by atoms with van der Waals surface area (Å²) in [5.74, 6) is 1.64. The van der Waals surface area contributed by atoms with E-state index in [0.29, 0.717) is 6.54 Å². The SMILES string of the molecule is CCNC(=NCC(C)(O)c1cccs1)NCCCCN1CCCC(C)C1.I. The Labute approximate surface area is 186 Å². The van der Waals surface area contributed by atoms with Gasteiger partial charge in [0.1, 0.15) is 5.60 Å². The Hall–Kier alpha value is -0.380. The Morgan fingerprint density at radius 1 is 1.41 bits per heavy atom. The van der Waals surface area contributed by atoms with Gasteiger partial charge in [-0.1, -0.05) is 13.0 Å². The first-order valence-electron chi connectivity index (χ1n) is 10.0. The number of aliphatic hydroxyl groups is 1. The molecule has 2 rings (SSSR count). The zero-order valence-electron chi connectivity index (χ0n) is 17.0. The Morgan fingerprint density at radius 3 is 2.89 bits per heavy atom. The standard InChI is InChI=1S/C20H36N4OS.HI/c1-4-21-19(23-16-20(3,25)18-10-8-14-26-18)22-11-5-6-12-24-13-7-9-17(2)15-24;/h8,10,14,17,25H,4-7,9,11-13,15-16H2,1-3H3,(H2,21,22,23);1H. The van der Waals surface area contributed by atoms with Crippen LogP contribution in [0.5, 0.6) is 0 Å². The van der Waals surface area contributed by atoms with Crippen LogP contribution in [0.25, 0.3) is 0 Å². The lowest BCUT2D eigenvalue weighted by Crippen LogP contribution is -2.39. The maximum atomic E-state index is 10.6. The molecule has 27 heavy (non-hydrogen) atoms. The molecule has 1 aromatic heterocycles. The van der Waals surface area contributed by atoms with Gasteiger partial charge in [-0.05, 0) is 70.0 Å². The number of rotatable bonds is 9. The highest BCUT2D eigenvalue weighted by Gasteiger charge is 2.24. The molecule has 1 aromatic rings. The van der Waals surface area contributed by atoms with Crippen LogP contribution in [0.4, 0.5) is 0 Å². The van der Waals surface area contributed by atoms with Gasteiger partial charge in [0.2, 0.25) is 0 Å². The van der Waals surface area contributed by atoms with Gasteiger partial charge >= 0.3 is 0 Å². The molecule has 0 amide bonds. The number of likely N-dealkylation sites (tertiary alicyclic amines) is 1. The molecule has 5 nitrogen and oxygen atoms in total. The number of piperidine rings is 1. The van der Waals surface area contributed by atoms with Crippen molar-refractivity contribution in [3.05, 3.63) is 22.4 Å². The molecular formula is C20H37IN4OS. The molecule has 7 heteroatoms. The third-order valence-electron chi connectivity index (χ3n) is 4.88. The smallest absolute Gasteiger partial charge is 0.191 e. The summed E-state index contributed by atoms with van der Waals surface area (Å²) in [4.78, 5) is 8.13. The summed E-state index contributed by atoms with van der Waals surface area (Å²) < 4.78 is 0. The molecule has 1 aliphatic rings. The molecule has 1 fully saturated rings. The highest BCUT2D eigenvalue weighted by Crippen LogP contribution is 2.25. The highest BCUT2D eigenvalue weighted by atomic mass is 127. The van der Waals surface area contributed by atoms with E-state index < -0.39 is 5.60 Å². The molecule has 1 aliphatic heterocycles. The second kappa shape index (κ2) is 13.0. The van der Waals surface area contributed by atoms with E-state index in [0.717, 1.165) is 36.3 Å². The fourth-order valence-corrected chi connectivity index (χ4v) is 4.17. The number of hydrogen-bond acceptors (Lipinski definition) is 4. The molecule has 2 unspecified atom stereocenters. The molecular weight excluding hydrogens is 471 g/mol. The number of hydrogen-bond donors (Lipinski definition) is 3. The van der Waals surface area contributed by atoms with Crippen molar-refractivity contribution in [3.8, 4) is 0 Å². The van der Waals surface area contributed by atoms with E-state index in [4.69, 9.17) is 0 Å². The minimum atomic E-state index is -0.915. The molecule has 0 aliphatic carbocycles. The summed E-state index contributed by atoms with van der Waals surface area (Å²) in [6.45, 7) is 12.1. The van der Waals surface area contributed by atoms with Crippen molar-refractivity contribution in [1.29, 1.82) is 0 Å². The minimum absolute atomic E-state index is 0. The van der Waals surface area contributed by atoms with E-state index in [2.05, 4.69) is 34.4 Å². The lowest BCUT2D eigenvalue weighted by atomic mass is 10.0. The van der Waals surface area contributed by atoms with Crippen molar-refractivity contribution in [1.82, 2.24) is 15.5 Å². The first-order valence-corrected chi connectivity index (χ1v) is 10.9. The summed E-state index contributed by atoms with van der Waals surface area (Å²) in [6.07, 6.45) is 5.08. The molecule has 2 heterocycles. The monoisotopic (exact) mass is 508 g/mol. The van der Waals surface area contributed by atoms with Gasteiger partial charge in [0.15, 0.2) is 5.96 Å². The first kappa shape index (κ1) is 24.7. The van der Waals surface area contributed by atoms with E-state index in [9.17, 15) is 5.11 Å². The van der Waals surface area contributed by atoms with Gasteiger partial charge in [0.05, 0.1) is 6.54 Å². The van der Waals surface area contributed by atoms with Crippen molar-refractivity contribution in [2.75, 3.05) is 39.3 Å². The summed E-state index contributed by atoms with van der Waals surface area (Å²) in [6, 6.07) is 3.92. The van der Waals surface area contributed by atoms with Crippen molar-refractivity contribution >= 4 is 41.3 Å². The maximum Gasteiger partial charge on any atom is 0.191 e. The Balaban J connectivity index is 0.00000364. The predicted molar refractivity (Wildman–Crippen MR) is 127 cm³/mol. The van der Waals surface area contributed by atoms with Gasteiger partial charge < -0.3 is 20.6 Å². The molecule has 0 bridgehead atoms. The summed E-state index contributed by atoms with van der Waals surface area (Å²) in [5.41, 5.74) is -0.915. The van der Waals surface area contributed by atoms with E-state index in [-0.39, 0.29) is 24.0 Å². The van der Waals surface area contributed by atoms with Crippen molar-refractivity contribution in [2.45, 2.75) is 52.1 Å². The summed E-state index contributed by atoms with van der Waals surface area (Å²) >= 11 is 1.57. The Morgan fingerprint density at radius 2 is 2.22 bits per heavy atom. The maximum absolute atomic E-state index is 10.6. The minimum Gasteiger partial charge on any atom is -0.383 e. The normalized spacial score (nSPS) is 20.6. The summed E-state index contributed by atoms with van der Waals surface area (Å²) in [7, 11) is 0. The predicted octanol–water partition coefficient (Wildman–Crippen LogP) is 3.64. The topological polar surface area (TPSA) is 59.9 Å². The zero-order chi connectivity index (χ0) is 18.8. The van der Waals surface area contributed by atoms with Crippen LogP contribution in [0, 0.1) is 5.92 Å². The third-order valence-corrected chi connectivity index (χ3v) is 6.00. The van der Waals surface area contributed by atoms with E-state index >= 15 is 0 Å². The molecule has 0 spiro atoms. The lowest BCUT2D eigenvalue weighted by molar-refractivity contribution is 0.0711. The van der Waals surface area contributed by atoms with Gasteiger partial charge in [0.25, 0.3) is 0 Å². The zero-order valence-corrected chi connectivity index (χ0v) is 20.2. The number of guanidine groups is 1. The number of unbranched alkanes of at least 4 members (excludes halogenated alkanes) is 1. The number of nitrogens with one attached hydrogen (secondary N) is 2. The lowest BCUT2D eigenvalue weighted by Gasteiger charge is -2.30. The van der Waals surface area contributed by atoms with Crippen LogP contribution in [-0.2, 0) is 5.60 Å². The fourth-order valence-electron chi connectivity index (χ4n) is 3.39. The number of halogens is 1. The largest absolute Gasteiger partial charge is 0.383 e. The van der Waals surface area contributed by atoms with Gasteiger partial charge in [-0.2, -0.15) is 0 Å². The van der Waals surface area contributed by atoms with Gasteiger partial charge in [-0.15, -0.1) is 35.3 Å². The number of aliphatic imine (C=N–C) groups is 1. The quantitative estimate of drug-likeness (QED) is 0.206. The Bertz CT molecular complexity index is 536. The van der Waals surface area contributed by atoms with Gasteiger partial charge in [-0.25, -0.2) is 4.99 Å². The number of nitrogens with zero attached hydrogens (tertiary/aromatic N) is 2. The average molecular weight is 509 g/mol. The summed E-state index contributed by atoms with van der Waals surface area (Å²) in [5, 5.41) is 19.3. The van der Waals surface area contributed by atoms with Crippen LogP contribution in [0.15, 0.2) is 22.5 Å². The van der Waals surface area contributed by atoms with Crippen molar-refractivity contribution < 1.29 is 5.11 Å². The van der Waals surface area contributed by atoms with Crippen LogP contribution in [-0.4, -0.2) is 55.2 Å². The van der Waals surface area contributed by atoms with Crippen LogP contribution >= 0.6 is 35.3 Å². The highest BCUT2D eigenvalue weighted by molar-refractivity contribution is 14.0. The van der Waals surface area contributed by atoms with Crippen molar-refractivity contribution in [3.63, 3.8) is 0 Å². The van der Waals surface area contributed by atoms with E-state index in [1.165, 1.54) is 38.9 Å². The first-order chi connectivity index (χ1) is 12.5. The van der Waals surface area contributed by atoms with Crippen LogP contribution in [0.2, 0.25) is 0 Å². The molecule has 156 valence electrons. The Kier molecular flexibility index (Phi) is 11.8. The fraction of sp³-hybridized carbons (Fsp3) is 0.750. The molecule has 0 saturated carbocycles.